The maximum atomic E-state index is 12.9. The molecular weight excluding hydrogens is 625 g/mol. The standard InChI is InChI=1S/C30H26IN3O4S/c1-3-36-26-17-20(16-24(31)27(26)38-13-12-37-22-11-7-8-19(2)14-22)15-23-28(32)34-25(21-9-5-4-6-10-21)18-39-30(34)33-29(23)35/h4-11,14-18,32H,3,12-13H2,1-2H3/b23-15-,32-28?. The van der Waals surface area contributed by atoms with E-state index in [0.717, 1.165) is 31.7 Å². The maximum absolute atomic E-state index is 12.9. The normalized spacial score (nSPS) is 15.7. The Hall–Kier alpha value is -3.57. The molecule has 0 aliphatic carbocycles. The van der Waals surface area contributed by atoms with Crippen LogP contribution in [0.2, 0.25) is 0 Å². The van der Waals surface area contributed by atoms with Crippen molar-refractivity contribution in [3.8, 4) is 17.2 Å². The SMILES string of the molecule is CCOc1cc(/C=C2/C(=N)N3C(c4ccccc4)=CSC3=NC2=O)cc(I)c1OCCOc1cccc(C)c1. The van der Waals surface area contributed by atoms with Crippen LogP contribution in [0.4, 0.5) is 0 Å². The number of thioether (sulfide) groups is 1. The van der Waals surface area contributed by atoms with Crippen LogP contribution in [0, 0.1) is 15.9 Å². The summed E-state index contributed by atoms with van der Waals surface area (Å²) in [6.45, 7) is 5.10. The van der Waals surface area contributed by atoms with Crippen LogP contribution >= 0.6 is 34.4 Å². The van der Waals surface area contributed by atoms with E-state index in [0.29, 0.717) is 36.5 Å². The molecule has 3 aromatic carbocycles. The Morgan fingerprint density at radius 2 is 1.82 bits per heavy atom. The van der Waals surface area contributed by atoms with Crippen molar-refractivity contribution in [1.29, 1.82) is 5.41 Å². The van der Waals surface area contributed by atoms with E-state index in [1.807, 2.05) is 86.0 Å². The molecule has 7 nitrogen and oxygen atoms in total. The van der Waals surface area contributed by atoms with Crippen LogP contribution in [0.5, 0.6) is 17.2 Å². The van der Waals surface area contributed by atoms with Crippen LogP contribution in [-0.4, -0.2) is 41.6 Å². The number of hydrogen-bond acceptors (Lipinski definition) is 6. The number of rotatable bonds is 9. The number of aryl methyl sites for hydroxylation is 1. The van der Waals surface area contributed by atoms with Crippen molar-refractivity contribution in [3.63, 3.8) is 0 Å². The van der Waals surface area contributed by atoms with E-state index in [1.165, 1.54) is 11.8 Å². The monoisotopic (exact) mass is 651 g/mol. The van der Waals surface area contributed by atoms with Crippen LogP contribution in [-0.2, 0) is 4.79 Å². The Bertz CT molecular complexity index is 1520. The average molecular weight is 652 g/mol. The zero-order valence-corrected chi connectivity index (χ0v) is 24.4. The first kappa shape index (κ1) is 27.0. The lowest BCUT2D eigenvalue weighted by Crippen LogP contribution is -2.38. The summed E-state index contributed by atoms with van der Waals surface area (Å²) in [6.07, 6.45) is 1.69. The Labute approximate surface area is 245 Å². The predicted molar refractivity (Wildman–Crippen MR) is 164 cm³/mol. The molecule has 1 amide bonds. The fraction of sp³-hybridized carbons (Fsp3) is 0.167. The highest BCUT2D eigenvalue weighted by Gasteiger charge is 2.36. The number of nitrogens with zero attached hydrogens (tertiary/aromatic N) is 2. The molecule has 0 bridgehead atoms. The molecule has 0 saturated heterocycles. The van der Waals surface area contributed by atoms with Crippen LogP contribution in [0.25, 0.3) is 11.8 Å². The number of amides is 1. The summed E-state index contributed by atoms with van der Waals surface area (Å²) in [5, 5.41) is 11.3. The van der Waals surface area contributed by atoms with Gasteiger partial charge in [0.1, 0.15) is 24.8 Å². The first-order valence-electron chi connectivity index (χ1n) is 12.4. The van der Waals surface area contributed by atoms with Gasteiger partial charge in [-0.1, -0.05) is 54.2 Å². The second-order valence-electron chi connectivity index (χ2n) is 8.70. The summed E-state index contributed by atoms with van der Waals surface area (Å²) < 4.78 is 18.6. The topological polar surface area (TPSA) is 84.2 Å². The molecule has 0 aromatic heterocycles. The predicted octanol–water partition coefficient (Wildman–Crippen LogP) is 6.76. The molecule has 9 heteroatoms. The first-order valence-corrected chi connectivity index (χ1v) is 14.3. The highest BCUT2D eigenvalue weighted by molar-refractivity contribution is 14.1. The van der Waals surface area contributed by atoms with Crippen LogP contribution in [0.15, 0.2) is 82.7 Å². The van der Waals surface area contributed by atoms with Gasteiger partial charge in [0.05, 0.1) is 21.4 Å². The first-order chi connectivity index (χ1) is 18.9. The summed E-state index contributed by atoms with van der Waals surface area (Å²) in [7, 11) is 0. The van der Waals surface area contributed by atoms with Gasteiger partial charge in [0, 0.05) is 5.41 Å². The molecule has 5 rings (SSSR count). The number of carbonyl (C=O) groups excluding carboxylic acids is 1. The number of nitrogens with one attached hydrogen (secondary N) is 1. The fourth-order valence-electron chi connectivity index (χ4n) is 4.16. The minimum Gasteiger partial charge on any atom is -0.490 e. The van der Waals surface area contributed by atoms with E-state index in [9.17, 15) is 4.79 Å². The Morgan fingerprint density at radius 3 is 2.59 bits per heavy atom. The lowest BCUT2D eigenvalue weighted by Gasteiger charge is -2.27. The summed E-state index contributed by atoms with van der Waals surface area (Å²) in [5.74, 6) is 1.62. The molecule has 0 atom stereocenters. The van der Waals surface area contributed by atoms with E-state index in [-0.39, 0.29) is 11.4 Å². The van der Waals surface area contributed by atoms with Gasteiger partial charge in [0.25, 0.3) is 5.91 Å². The van der Waals surface area contributed by atoms with Crippen molar-refractivity contribution in [2.75, 3.05) is 19.8 Å². The van der Waals surface area contributed by atoms with Gasteiger partial charge in [-0.15, -0.1) is 0 Å². The van der Waals surface area contributed by atoms with E-state index in [4.69, 9.17) is 19.6 Å². The van der Waals surface area contributed by atoms with Crippen molar-refractivity contribution in [1.82, 2.24) is 4.90 Å². The Morgan fingerprint density at radius 1 is 1.03 bits per heavy atom. The molecule has 2 heterocycles. The van der Waals surface area contributed by atoms with Gasteiger partial charge in [-0.3, -0.25) is 15.1 Å². The van der Waals surface area contributed by atoms with Crippen LogP contribution < -0.4 is 14.2 Å². The van der Waals surface area contributed by atoms with E-state index in [2.05, 4.69) is 27.6 Å². The third-order valence-corrected chi connectivity index (χ3v) is 7.54. The molecule has 0 unspecified atom stereocenters. The molecule has 0 fully saturated rings. The van der Waals surface area contributed by atoms with Crippen LogP contribution in [0.1, 0.15) is 23.6 Å². The Kier molecular flexibility index (Phi) is 8.37. The summed E-state index contributed by atoms with van der Waals surface area (Å²) in [4.78, 5) is 18.9. The molecule has 2 aliphatic heterocycles. The number of hydrogen-bond donors (Lipinski definition) is 1. The van der Waals surface area contributed by atoms with Crippen LogP contribution in [0.3, 0.4) is 0 Å². The number of fused-ring (bicyclic) bond motifs is 1. The molecule has 2 aliphatic rings. The number of amidine groups is 2. The molecule has 3 aromatic rings. The number of halogens is 1. The van der Waals surface area contributed by atoms with Gasteiger partial charge in [-0.05, 0) is 83.5 Å². The quantitative estimate of drug-likeness (QED) is 0.157. The smallest absolute Gasteiger partial charge is 0.283 e. The fourth-order valence-corrected chi connectivity index (χ4v) is 5.83. The third kappa shape index (κ3) is 6.04. The van der Waals surface area contributed by atoms with Crippen molar-refractivity contribution in [2.24, 2.45) is 4.99 Å². The third-order valence-electron chi connectivity index (χ3n) is 5.91. The molecule has 0 spiro atoms. The van der Waals surface area contributed by atoms with Gasteiger partial charge in [0.2, 0.25) is 0 Å². The minimum atomic E-state index is -0.442. The second-order valence-corrected chi connectivity index (χ2v) is 10.7. The lowest BCUT2D eigenvalue weighted by atomic mass is 10.1. The molecule has 1 N–H and O–H groups in total. The maximum Gasteiger partial charge on any atom is 0.283 e. The molecule has 0 radical (unpaired) electrons. The minimum absolute atomic E-state index is 0.0895. The number of ether oxygens (including phenoxy) is 3. The summed E-state index contributed by atoms with van der Waals surface area (Å²) in [6, 6.07) is 21.4. The molecule has 39 heavy (non-hydrogen) atoms. The molecule has 0 saturated carbocycles. The van der Waals surface area contributed by atoms with Crippen molar-refractivity contribution < 1.29 is 19.0 Å². The van der Waals surface area contributed by atoms with Crippen molar-refractivity contribution in [3.05, 3.63) is 98.0 Å². The number of benzene rings is 3. The summed E-state index contributed by atoms with van der Waals surface area (Å²) >= 11 is 3.54. The van der Waals surface area contributed by atoms with Gasteiger partial charge < -0.3 is 14.2 Å². The highest BCUT2D eigenvalue weighted by Crippen LogP contribution is 2.39. The molecular formula is C30H26IN3O4S. The Balaban J connectivity index is 1.36. The zero-order valence-electron chi connectivity index (χ0n) is 21.4. The number of carbonyl (C=O) groups is 1. The van der Waals surface area contributed by atoms with Crippen molar-refractivity contribution in [2.45, 2.75) is 13.8 Å². The largest absolute Gasteiger partial charge is 0.490 e. The van der Waals surface area contributed by atoms with Gasteiger partial charge in [-0.25, -0.2) is 0 Å². The van der Waals surface area contributed by atoms with E-state index < -0.39 is 5.91 Å². The van der Waals surface area contributed by atoms with E-state index >= 15 is 0 Å². The average Bonchev–Trinajstić information content (AvgIpc) is 3.35. The van der Waals surface area contributed by atoms with Gasteiger partial charge >= 0.3 is 0 Å². The second kappa shape index (κ2) is 12.1. The lowest BCUT2D eigenvalue weighted by molar-refractivity contribution is -0.114. The van der Waals surface area contributed by atoms with Gasteiger partial charge in [0.15, 0.2) is 16.7 Å². The molecule has 198 valence electrons. The van der Waals surface area contributed by atoms with Gasteiger partial charge in [-0.2, -0.15) is 4.99 Å². The summed E-state index contributed by atoms with van der Waals surface area (Å²) in [5.41, 5.74) is 3.84. The number of aliphatic imine (C=N–C) groups is 1. The van der Waals surface area contributed by atoms with Crippen molar-refractivity contribution >= 4 is 63.0 Å². The highest BCUT2D eigenvalue weighted by atomic mass is 127. The van der Waals surface area contributed by atoms with E-state index in [1.54, 1.807) is 11.0 Å². The zero-order chi connectivity index (χ0) is 27.4.